The summed E-state index contributed by atoms with van der Waals surface area (Å²) < 4.78 is 32.0. The van der Waals surface area contributed by atoms with Gasteiger partial charge < -0.3 is 4.74 Å². The van der Waals surface area contributed by atoms with Gasteiger partial charge in [-0.25, -0.2) is 0 Å². The summed E-state index contributed by atoms with van der Waals surface area (Å²) in [6.07, 6.45) is 0. The zero-order valence-electron chi connectivity index (χ0n) is 10.8. The molecule has 1 N–H and O–H groups in total. The monoisotopic (exact) mass is 292 g/mol. The van der Waals surface area contributed by atoms with Crippen molar-refractivity contribution in [3.8, 4) is 5.75 Å². The summed E-state index contributed by atoms with van der Waals surface area (Å²) in [5, 5.41) is 0.548. The van der Waals surface area contributed by atoms with Crippen LogP contribution in [0.25, 0.3) is 0 Å². The number of hydrogen-bond donors (Lipinski definition) is 1. The van der Waals surface area contributed by atoms with E-state index in [9.17, 15) is 8.42 Å². The molecule has 1 aromatic rings. The molecule has 0 heterocycles. The fourth-order valence-electron chi connectivity index (χ4n) is 1.52. The van der Waals surface area contributed by atoms with E-state index in [1.54, 1.807) is 19.2 Å². The first-order valence-electron chi connectivity index (χ1n) is 5.28. The van der Waals surface area contributed by atoms with E-state index in [1.165, 1.54) is 14.1 Å². The van der Waals surface area contributed by atoms with E-state index in [0.717, 1.165) is 9.87 Å². The Labute approximate surface area is 113 Å². The van der Waals surface area contributed by atoms with Crippen molar-refractivity contribution in [1.82, 2.24) is 9.03 Å². The molecule has 0 radical (unpaired) electrons. The van der Waals surface area contributed by atoms with Gasteiger partial charge in [0, 0.05) is 31.2 Å². The van der Waals surface area contributed by atoms with Crippen LogP contribution < -0.4 is 9.46 Å². The van der Waals surface area contributed by atoms with Gasteiger partial charge in [0.2, 0.25) is 0 Å². The Kier molecular flexibility index (Phi) is 4.98. The molecule has 0 atom stereocenters. The minimum atomic E-state index is -3.46. The summed E-state index contributed by atoms with van der Waals surface area (Å²) >= 11 is 5.95. The molecule has 0 unspecified atom stereocenters. The molecule has 7 heteroatoms. The third-order valence-corrected chi connectivity index (χ3v) is 4.13. The SMILES string of the molecule is COc1c(C)cc(Cl)cc1CNS(=O)(=O)N(C)C. The molecule has 0 amide bonds. The molecule has 0 aliphatic carbocycles. The lowest BCUT2D eigenvalue weighted by Crippen LogP contribution is -2.35. The predicted octanol–water partition coefficient (Wildman–Crippen LogP) is 1.55. The van der Waals surface area contributed by atoms with Crippen LogP contribution in [0, 0.1) is 6.92 Å². The van der Waals surface area contributed by atoms with Gasteiger partial charge in [0.1, 0.15) is 5.75 Å². The first-order valence-corrected chi connectivity index (χ1v) is 7.10. The molecule has 1 aromatic carbocycles. The van der Waals surface area contributed by atoms with Gasteiger partial charge >= 0.3 is 0 Å². The van der Waals surface area contributed by atoms with Gasteiger partial charge in [0.05, 0.1) is 7.11 Å². The smallest absolute Gasteiger partial charge is 0.279 e. The number of nitrogens with one attached hydrogen (secondary N) is 1. The van der Waals surface area contributed by atoms with Gasteiger partial charge in [-0.3, -0.25) is 0 Å². The molecule has 0 bridgehead atoms. The third kappa shape index (κ3) is 3.58. The molecule has 0 saturated heterocycles. The van der Waals surface area contributed by atoms with Crippen LogP contribution in [0.2, 0.25) is 5.02 Å². The first kappa shape index (κ1) is 15.2. The minimum absolute atomic E-state index is 0.130. The Balaban J connectivity index is 2.98. The summed E-state index contributed by atoms with van der Waals surface area (Å²) in [5.41, 5.74) is 1.57. The number of ether oxygens (including phenoxy) is 1. The molecule has 0 aliphatic rings. The Morgan fingerprint density at radius 2 is 2.00 bits per heavy atom. The molecule has 5 nitrogen and oxygen atoms in total. The molecule has 0 aromatic heterocycles. The van der Waals surface area contributed by atoms with Gasteiger partial charge in [0.15, 0.2) is 0 Å². The van der Waals surface area contributed by atoms with E-state index < -0.39 is 10.2 Å². The summed E-state index contributed by atoms with van der Waals surface area (Å²) in [6, 6.07) is 3.45. The van der Waals surface area contributed by atoms with E-state index in [-0.39, 0.29) is 6.54 Å². The minimum Gasteiger partial charge on any atom is -0.496 e. The normalized spacial score (nSPS) is 11.9. The van der Waals surface area contributed by atoms with Crippen molar-refractivity contribution < 1.29 is 13.2 Å². The van der Waals surface area contributed by atoms with Crippen LogP contribution in [-0.4, -0.2) is 33.9 Å². The average molecular weight is 293 g/mol. The van der Waals surface area contributed by atoms with Crippen LogP contribution in [0.1, 0.15) is 11.1 Å². The molecular weight excluding hydrogens is 276 g/mol. The highest BCUT2D eigenvalue weighted by Crippen LogP contribution is 2.27. The van der Waals surface area contributed by atoms with Crippen LogP contribution in [0.4, 0.5) is 0 Å². The van der Waals surface area contributed by atoms with Gasteiger partial charge in [-0.15, -0.1) is 0 Å². The lowest BCUT2D eigenvalue weighted by Gasteiger charge is -2.15. The quantitative estimate of drug-likeness (QED) is 0.896. The molecule has 1 rings (SSSR count). The zero-order valence-corrected chi connectivity index (χ0v) is 12.4. The summed E-state index contributed by atoms with van der Waals surface area (Å²) in [7, 11) is 1.00. The van der Waals surface area contributed by atoms with Crippen LogP contribution in [0.5, 0.6) is 5.75 Å². The predicted molar refractivity (Wildman–Crippen MR) is 72.2 cm³/mol. The highest BCUT2D eigenvalue weighted by molar-refractivity contribution is 7.87. The van der Waals surface area contributed by atoms with Gasteiger partial charge in [-0.2, -0.15) is 17.4 Å². The van der Waals surface area contributed by atoms with Gasteiger partial charge in [-0.05, 0) is 24.6 Å². The number of halogens is 1. The standard InChI is InChI=1S/C11H17ClN2O3S/c1-8-5-10(12)6-9(11(8)17-4)7-13-18(15,16)14(2)3/h5-6,13H,7H2,1-4H3. The number of benzene rings is 1. The lowest BCUT2D eigenvalue weighted by atomic mass is 10.1. The fraction of sp³-hybridized carbons (Fsp3) is 0.455. The highest BCUT2D eigenvalue weighted by Gasteiger charge is 2.15. The van der Waals surface area contributed by atoms with Crippen LogP contribution in [-0.2, 0) is 16.8 Å². The van der Waals surface area contributed by atoms with Crippen LogP contribution in [0.15, 0.2) is 12.1 Å². The number of aryl methyl sites for hydroxylation is 1. The topological polar surface area (TPSA) is 58.6 Å². The molecule has 18 heavy (non-hydrogen) atoms. The average Bonchev–Trinajstić information content (AvgIpc) is 2.25. The van der Waals surface area contributed by atoms with E-state index in [0.29, 0.717) is 16.3 Å². The second kappa shape index (κ2) is 5.88. The van der Waals surface area contributed by atoms with E-state index >= 15 is 0 Å². The van der Waals surface area contributed by atoms with Crippen molar-refractivity contribution in [3.63, 3.8) is 0 Å². The Morgan fingerprint density at radius 3 is 2.50 bits per heavy atom. The third-order valence-electron chi connectivity index (χ3n) is 2.45. The zero-order chi connectivity index (χ0) is 13.9. The Hall–Kier alpha value is -0.820. The van der Waals surface area contributed by atoms with Crippen molar-refractivity contribution in [2.45, 2.75) is 13.5 Å². The molecule has 0 spiro atoms. The van der Waals surface area contributed by atoms with E-state index in [2.05, 4.69) is 4.72 Å². The highest BCUT2D eigenvalue weighted by atomic mass is 35.5. The van der Waals surface area contributed by atoms with Crippen molar-refractivity contribution >= 4 is 21.8 Å². The number of rotatable bonds is 5. The molecule has 0 saturated carbocycles. The Morgan fingerprint density at radius 1 is 1.39 bits per heavy atom. The van der Waals surface area contributed by atoms with E-state index in [4.69, 9.17) is 16.3 Å². The number of hydrogen-bond acceptors (Lipinski definition) is 3. The number of nitrogens with zero attached hydrogens (tertiary/aromatic N) is 1. The molecule has 0 aliphatic heterocycles. The van der Waals surface area contributed by atoms with Crippen molar-refractivity contribution in [3.05, 3.63) is 28.3 Å². The fourth-order valence-corrected chi connectivity index (χ4v) is 2.41. The maximum Gasteiger partial charge on any atom is 0.279 e. The lowest BCUT2D eigenvalue weighted by molar-refractivity contribution is 0.405. The van der Waals surface area contributed by atoms with Crippen molar-refractivity contribution in [2.24, 2.45) is 0 Å². The number of methoxy groups -OCH3 is 1. The second-order valence-corrected chi connectivity index (χ2v) is 6.43. The summed E-state index contributed by atoms with van der Waals surface area (Å²) in [5.74, 6) is 0.640. The first-order chi connectivity index (χ1) is 8.27. The second-order valence-electron chi connectivity index (χ2n) is 4.02. The van der Waals surface area contributed by atoms with Gasteiger partial charge in [0.25, 0.3) is 10.2 Å². The largest absolute Gasteiger partial charge is 0.496 e. The summed E-state index contributed by atoms with van der Waals surface area (Å²) in [6.45, 7) is 1.99. The van der Waals surface area contributed by atoms with Crippen LogP contribution >= 0.6 is 11.6 Å². The maximum atomic E-state index is 11.6. The van der Waals surface area contributed by atoms with Crippen LogP contribution in [0.3, 0.4) is 0 Å². The maximum absolute atomic E-state index is 11.6. The Bertz CT molecular complexity index is 529. The van der Waals surface area contributed by atoms with Crippen molar-refractivity contribution in [2.75, 3.05) is 21.2 Å². The van der Waals surface area contributed by atoms with E-state index in [1.807, 2.05) is 6.92 Å². The van der Waals surface area contributed by atoms with Gasteiger partial charge in [-0.1, -0.05) is 11.6 Å². The summed E-state index contributed by atoms with van der Waals surface area (Å²) in [4.78, 5) is 0. The van der Waals surface area contributed by atoms with Crippen molar-refractivity contribution in [1.29, 1.82) is 0 Å². The molecular formula is C11H17ClN2O3S. The molecule has 102 valence electrons. The molecule has 0 fully saturated rings.